The Hall–Kier alpha value is -2.22. The van der Waals surface area contributed by atoms with Crippen LogP contribution in [0.15, 0.2) is 16.9 Å². The highest BCUT2D eigenvalue weighted by Crippen LogP contribution is 2.27. The van der Waals surface area contributed by atoms with E-state index in [1.165, 1.54) is 19.1 Å². The zero-order valence-electron chi connectivity index (χ0n) is 14.6. The fraction of sp³-hybridized carbons (Fsp3) is 0.647. The molecule has 2 aromatic rings. The first-order chi connectivity index (χ1) is 12.2. The molecule has 25 heavy (non-hydrogen) atoms. The third-order valence-corrected chi connectivity index (χ3v) is 5.37. The number of nitrogens with zero attached hydrogens (tertiary/aromatic N) is 6. The summed E-state index contributed by atoms with van der Waals surface area (Å²) in [7, 11) is 2.06. The van der Waals surface area contributed by atoms with E-state index in [1.807, 2.05) is 4.90 Å². The Morgan fingerprint density at radius 1 is 1.20 bits per heavy atom. The first-order valence-corrected chi connectivity index (χ1v) is 9.02. The minimum atomic E-state index is -0.0557. The molecule has 4 rings (SSSR count). The molecule has 8 nitrogen and oxygen atoms in total. The van der Waals surface area contributed by atoms with Gasteiger partial charge in [0.2, 0.25) is 0 Å². The Morgan fingerprint density at radius 2 is 1.96 bits per heavy atom. The van der Waals surface area contributed by atoms with Crippen LogP contribution in [0.25, 0.3) is 0 Å². The predicted molar refractivity (Wildman–Crippen MR) is 89.9 cm³/mol. The fourth-order valence-electron chi connectivity index (χ4n) is 3.83. The van der Waals surface area contributed by atoms with E-state index in [0.717, 1.165) is 44.1 Å². The number of piperidine rings is 1. The van der Waals surface area contributed by atoms with Gasteiger partial charge >= 0.3 is 0 Å². The topological polar surface area (TPSA) is 80.3 Å². The molecule has 2 fully saturated rings. The molecule has 2 saturated heterocycles. The second kappa shape index (κ2) is 6.95. The summed E-state index contributed by atoms with van der Waals surface area (Å²) in [5, 5.41) is 12.6. The van der Waals surface area contributed by atoms with Crippen molar-refractivity contribution in [1.82, 2.24) is 29.7 Å². The summed E-state index contributed by atoms with van der Waals surface area (Å²) in [5.74, 6) is 2.38. The molecule has 2 aliphatic rings. The van der Waals surface area contributed by atoms with Crippen molar-refractivity contribution in [1.29, 1.82) is 0 Å². The lowest BCUT2D eigenvalue weighted by Crippen LogP contribution is -2.38. The van der Waals surface area contributed by atoms with Crippen LogP contribution in [0.2, 0.25) is 0 Å². The SMILES string of the molecule is Cn1c(CN2CCCC2)nnc1C1CCN(C(=O)c2ccon2)CC1. The first-order valence-electron chi connectivity index (χ1n) is 9.02. The van der Waals surface area contributed by atoms with E-state index in [0.29, 0.717) is 24.7 Å². The molecular weight excluding hydrogens is 320 g/mol. The third-order valence-electron chi connectivity index (χ3n) is 5.37. The number of likely N-dealkylation sites (tertiary alicyclic amines) is 2. The minimum absolute atomic E-state index is 0.0557. The molecule has 8 heteroatoms. The maximum absolute atomic E-state index is 12.3. The van der Waals surface area contributed by atoms with Crippen molar-refractivity contribution in [3.8, 4) is 0 Å². The molecule has 2 aromatic heterocycles. The standard InChI is InChI=1S/C17H24N6O2/c1-21-15(12-22-7-2-3-8-22)18-19-16(21)13-4-9-23(10-5-13)17(24)14-6-11-25-20-14/h6,11,13H,2-5,7-10,12H2,1H3. The minimum Gasteiger partial charge on any atom is -0.364 e. The number of amides is 1. The average molecular weight is 344 g/mol. The summed E-state index contributed by atoms with van der Waals surface area (Å²) in [6.07, 6.45) is 5.80. The molecule has 4 heterocycles. The average Bonchev–Trinajstić information content (AvgIpc) is 3.39. The highest BCUT2D eigenvalue weighted by atomic mass is 16.5. The molecule has 0 bridgehead atoms. The quantitative estimate of drug-likeness (QED) is 0.834. The van der Waals surface area contributed by atoms with Gasteiger partial charge in [0, 0.05) is 32.1 Å². The number of rotatable bonds is 4. The second-order valence-electron chi connectivity index (χ2n) is 6.97. The van der Waals surface area contributed by atoms with Gasteiger partial charge in [0.15, 0.2) is 5.69 Å². The Labute approximate surface area is 146 Å². The lowest BCUT2D eigenvalue weighted by molar-refractivity contribution is 0.0700. The Bertz CT molecular complexity index is 712. The molecule has 0 aromatic carbocycles. The molecule has 134 valence electrons. The number of hydrogen-bond acceptors (Lipinski definition) is 6. The van der Waals surface area contributed by atoms with E-state index in [2.05, 4.69) is 31.9 Å². The Kier molecular flexibility index (Phi) is 4.52. The molecule has 0 radical (unpaired) electrons. The van der Waals surface area contributed by atoms with Gasteiger partial charge in [-0.25, -0.2) is 0 Å². The van der Waals surface area contributed by atoms with Crippen molar-refractivity contribution in [3.05, 3.63) is 29.7 Å². The van der Waals surface area contributed by atoms with E-state index in [9.17, 15) is 4.79 Å². The van der Waals surface area contributed by atoms with Crippen LogP contribution in [-0.4, -0.2) is 61.8 Å². The van der Waals surface area contributed by atoms with Gasteiger partial charge < -0.3 is 14.0 Å². The molecular formula is C17H24N6O2. The van der Waals surface area contributed by atoms with E-state index >= 15 is 0 Å². The molecule has 2 aliphatic heterocycles. The first kappa shape index (κ1) is 16.3. The largest absolute Gasteiger partial charge is 0.364 e. The highest BCUT2D eigenvalue weighted by Gasteiger charge is 2.29. The highest BCUT2D eigenvalue weighted by molar-refractivity contribution is 5.92. The maximum Gasteiger partial charge on any atom is 0.276 e. The Balaban J connectivity index is 1.37. The molecule has 0 atom stereocenters. The van der Waals surface area contributed by atoms with Crippen LogP contribution < -0.4 is 0 Å². The van der Waals surface area contributed by atoms with Crippen LogP contribution in [0.4, 0.5) is 0 Å². The van der Waals surface area contributed by atoms with E-state index in [1.54, 1.807) is 6.07 Å². The number of aromatic nitrogens is 4. The van der Waals surface area contributed by atoms with Crippen LogP contribution in [0.3, 0.4) is 0 Å². The van der Waals surface area contributed by atoms with Gasteiger partial charge in [-0.15, -0.1) is 10.2 Å². The van der Waals surface area contributed by atoms with Crippen molar-refractivity contribution < 1.29 is 9.32 Å². The van der Waals surface area contributed by atoms with Gasteiger partial charge in [-0.2, -0.15) is 0 Å². The van der Waals surface area contributed by atoms with Gasteiger partial charge in [0.25, 0.3) is 5.91 Å². The summed E-state index contributed by atoms with van der Waals surface area (Å²) in [6, 6.07) is 1.61. The molecule has 0 saturated carbocycles. The van der Waals surface area contributed by atoms with Crippen LogP contribution in [0.5, 0.6) is 0 Å². The van der Waals surface area contributed by atoms with Gasteiger partial charge in [-0.3, -0.25) is 9.69 Å². The van der Waals surface area contributed by atoms with Crippen LogP contribution in [0.1, 0.15) is 53.7 Å². The number of carbonyl (C=O) groups excluding carboxylic acids is 1. The van der Waals surface area contributed by atoms with Gasteiger partial charge in [0.05, 0.1) is 6.54 Å². The van der Waals surface area contributed by atoms with E-state index in [-0.39, 0.29) is 5.91 Å². The molecule has 0 N–H and O–H groups in total. The predicted octanol–water partition coefficient (Wildman–Crippen LogP) is 1.42. The lowest BCUT2D eigenvalue weighted by atomic mass is 9.95. The smallest absolute Gasteiger partial charge is 0.276 e. The van der Waals surface area contributed by atoms with Crippen molar-refractivity contribution >= 4 is 5.91 Å². The van der Waals surface area contributed by atoms with Crippen LogP contribution in [0, 0.1) is 0 Å². The summed E-state index contributed by atoms with van der Waals surface area (Å²) in [5.41, 5.74) is 0.380. The van der Waals surface area contributed by atoms with Crippen molar-refractivity contribution in [2.75, 3.05) is 26.2 Å². The molecule has 1 amide bonds. The molecule has 0 unspecified atom stereocenters. The summed E-state index contributed by atoms with van der Waals surface area (Å²) >= 11 is 0. The monoisotopic (exact) mass is 344 g/mol. The van der Waals surface area contributed by atoms with Gasteiger partial charge in [-0.05, 0) is 38.8 Å². The number of hydrogen-bond donors (Lipinski definition) is 0. The third kappa shape index (κ3) is 3.30. The van der Waals surface area contributed by atoms with Crippen molar-refractivity contribution in [3.63, 3.8) is 0 Å². The molecule has 0 aliphatic carbocycles. The van der Waals surface area contributed by atoms with Crippen molar-refractivity contribution in [2.45, 2.75) is 38.1 Å². The second-order valence-corrected chi connectivity index (χ2v) is 6.97. The van der Waals surface area contributed by atoms with E-state index < -0.39 is 0 Å². The summed E-state index contributed by atoms with van der Waals surface area (Å²) in [4.78, 5) is 16.6. The van der Waals surface area contributed by atoms with Crippen molar-refractivity contribution in [2.24, 2.45) is 7.05 Å². The molecule has 0 spiro atoms. The zero-order chi connectivity index (χ0) is 17.2. The summed E-state index contributed by atoms with van der Waals surface area (Å²) in [6.45, 7) is 4.62. The zero-order valence-corrected chi connectivity index (χ0v) is 14.6. The van der Waals surface area contributed by atoms with Gasteiger partial charge in [0.1, 0.15) is 17.9 Å². The number of carbonyl (C=O) groups is 1. The van der Waals surface area contributed by atoms with E-state index in [4.69, 9.17) is 4.52 Å². The normalized spacial score (nSPS) is 19.6. The van der Waals surface area contributed by atoms with Gasteiger partial charge in [-0.1, -0.05) is 5.16 Å². The summed E-state index contributed by atoms with van der Waals surface area (Å²) < 4.78 is 6.92. The lowest BCUT2D eigenvalue weighted by Gasteiger charge is -2.31. The Morgan fingerprint density at radius 3 is 2.64 bits per heavy atom. The fourth-order valence-corrected chi connectivity index (χ4v) is 3.83. The van der Waals surface area contributed by atoms with Crippen LogP contribution >= 0.6 is 0 Å². The van der Waals surface area contributed by atoms with Crippen LogP contribution in [-0.2, 0) is 13.6 Å². The maximum atomic E-state index is 12.3.